The number of nitriles is 1. The monoisotopic (exact) mass is 274 g/mol. The number of nitrogens with zero attached hydrogens (tertiary/aromatic N) is 2. The summed E-state index contributed by atoms with van der Waals surface area (Å²) >= 11 is 1.71. The van der Waals surface area contributed by atoms with Crippen LogP contribution in [0.5, 0.6) is 0 Å². The first kappa shape index (κ1) is 13.7. The Labute approximate surface area is 116 Å². The number of benzene rings is 1. The molecule has 0 aliphatic heterocycles. The summed E-state index contributed by atoms with van der Waals surface area (Å²) in [6.07, 6.45) is 0. The lowest BCUT2D eigenvalue weighted by Crippen LogP contribution is -2.22. The molecular formula is C15H15FN2S. The molecule has 4 heteroatoms. The molecule has 0 N–H and O–H groups in total. The molecule has 98 valence electrons. The topological polar surface area (TPSA) is 27.0 Å². The second-order valence-corrected chi connectivity index (χ2v) is 5.33. The maximum atomic E-state index is 13.3. The molecule has 2 aromatic rings. The zero-order valence-electron chi connectivity index (χ0n) is 10.8. The molecule has 19 heavy (non-hydrogen) atoms. The number of halogens is 1. The minimum Gasteiger partial charge on any atom is -0.294 e. The summed E-state index contributed by atoms with van der Waals surface area (Å²) < 4.78 is 13.3. The molecule has 0 unspecified atom stereocenters. The Hall–Kier alpha value is -1.70. The molecule has 2 nitrogen and oxygen atoms in total. The fraction of sp³-hybridized carbons (Fsp3) is 0.267. The largest absolute Gasteiger partial charge is 0.294 e. The van der Waals surface area contributed by atoms with Crippen molar-refractivity contribution in [3.05, 3.63) is 57.5 Å². The van der Waals surface area contributed by atoms with Crippen LogP contribution in [0.15, 0.2) is 35.7 Å². The predicted octanol–water partition coefficient (Wildman–Crippen LogP) is 3.78. The van der Waals surface area contributed by atoms with Crippen molar-refractivity contribution in [2.24, 2.45) is 0 Å². The van der Waals surface area contributed by atoms with E-state index in [9.17, 15) is 4.39 Å². The molecule has 0 aliphatic rings. The molecule has 1 aromatic carbocycles. The summed E-state index contributed by atoms with van der Waals surface area (Å²) in [7, 11) is 0. The molecule has 0 atom stereocenters. The van der Waals surface area contributed by atoms with Crippen molar-refractivity contribution in [2.45, 2.75) is 20.0 Å². The first-order valence-corrected chi connectivity index (χ1v) is 7.04. The lowest BCUT2D eigenvalue weighted by Gasteiger charge is -2.20. The average Bonchev–Trinajstić information content (AvgIpc) is 2.91. The zero-order valence-corrected chi connectivity index (χ0v) is 11.6. The molecule has 0 amide bonds. The number of hydrogen-bond donors (Lipinski definition) is 0. The summed E-state index contributed by atoms with van der Waals surface area (Å²) in [6, 6.07) is 10.6. The van der Waals surface area contributed by atoms with Crippen LogP contribution in [0.4, 0.5) is 4.39 Å². The van der Waals surface area contributed by atoms with E-state index in [1.807, 2.05) is 11.4 Å². The standard InChI is InChI=1S/C15H15FN2S/c1-2-18(11-15-4-3-7-19-15)10-13-8-14(16)6-5-12(13)9-17/h3-8H,2,10-11H2,1H3. The average molecular weight is 274 g/mol. The van der Waals surface area contributed by atoms with Gasteiger partial charge in [-0.05, 0) is 41.8 Å². The SMILES string of the molecule is CCN(Cc1cccs1)Cc1cc(F)ccc1C#N. The van der Waals surface area contributed by atoms with Gasteiger partial charge in [0.15, 0.2) is 0 Å². The van der Waals surface area contributed by atoms with E-state index < -0.39 is 0 Å². The number of hydrogen-bond acceptors (Lipinski definition) is 3. The van der Waals surface area contributed by atoms with Gasteiger partial charge in [-0.15, -0.1) is 11.3 Å². The van der Waals surface area contributed by atoms with E-state index >= 15 is 0 Å². The minimum absolute atomic E-state index is 0.291. The van der Waals surface area contributed by atoms with E-state index in [1.165, 1.54) is 17.0 Å². The van der Waals surface area contributed by atoms with E-state index in [0.29, 0.717) is 12.1 Å². The normalized spacial score (nSPS) is 10.6. The summed E-state index contributed by atoms with van der Waals surface area (Å²) in [5.74, 6) is -0.291. The van der Waals surface area contributed by atoms with Gasteiger partial charge in [-0.3, -0.25) is 4.90 Å². The van der Waals surface area contributed by atoms with E-state index in [4.69, 9.17) is 5.26 Å². The minimum atomic E-state index is -0.291. The maximum absolute atomic E-state index is 13.3. The number of thiophene rings is 1. The van der Waals surface area contributed by atoms with Crippen molar-refractivity contribution in [3.63, 3.8) is 0 Å². The van der Waals surface area contributed by atoms with Crippen LogP contribution in [0.3, 0.4) is 0 Å². The molecule has 0 aliphatic carbocycles. The Morgan fingerprint density at radius 3 is 2.79 bits per heavy atom. The van der Waals surface area contributed by atoms with Crippen LogP contribution in [-0.2, 0) is 13.1 Å². The fourth-order valence-corrected chi connectivity index (χ4v) is 2.69. The fourth-order valence-electron chi connectivity index (χ4n) is 1.95. The van der Waals surface area contributed by atoms with Gasteiger partial charge >= 0.3 is 0 Å². The summed E-state index contributed by atoms with van der Waals surface area (Å²) in [4.78, 5) is 3.47. The van der Waals surface area contributed by atoms with Crippen molar-refractivity contribution in [2.75, 3.05) is 6.54 Å². The second-order valence-electron chi connectivity index (χ2n) is 4.30. The Morgan fingerprint density at radius 2 is 2.16 bits per heavy atom. The van der Waals surface area contributed by atoms with Crippen molar-refractivity contribution in [1.82, 2.24) is 4.90 Å². The highest BCUT2D eigenvalue weighted by atomic mass is 32.1. The zero-order chi connectivity index (χ0) is 13.7. The highest BCUT2D eigenvalue weighted by Crippen LogP contribution is 2.17. The molecular weight excluding hydrogens is 259 g/mol. The lowest BCUT2D eigenvalue weighted by molar-refractivity contribution is 0.273. The summed E-state index contributed by atoms with van der Waals surface area (Å²) in [5.41, 5.74) is 1.30. The first-order valence-electron chi connectivity index (χ1n) is 6.16. The molecule has 0 radical (unpaired) electrons. The molecule has 0 saturated heterocycles. The van der Waals surface area contributed by atoms with Crippen molar-refractivity contribution >= 4 is 11.3 Å². The van der Waals surface area contributed by atoms with Crippen LogP contribution >= 0.6 is 11.3 Å². The molecule has 1 aromatic heterocycles. The number of rotatable bonds is 5. The van der Waals surface area contributed by atoms with Gasteiger partial charge in [0.05, 0.1) is 11.6 Å². The van der Waals surface area contributed by atoms with Crippen LogP contribution in [-0.4, -0.2) is 11.4 Å². The highest BCUT2D eigenvalue weighted by Gasteiger charge is 2.10. The summed E-state index contributed by atoms with van der Waals surface area (Å²) in [5, 5.41) is 11.1. The van der Waals surface area contributed by atoms with Gasteiger partial charge in [-0.25, -0.2) is 4.39 Å². The first-order chi connectivity index (χ1) is 9.22. The van der Waals surface area contributed by atoms with Gasteiger partial charge in [-0.1, -0.05) is 13.0 Å². The Balaban J connectivity index is 2.14. The van der Waals surface area contributed by atoms with E-state index in [1.54, 1.807) is 17.4 Å². The van der Waals surface area contributed by atoms with Gasteiger partial charge in [0.2, 0.25) is 0 Å². The molecule has 2 rings (SSSR count). The predicted molar refractivity (Wildman–Crippen MR) is 75.2 cm³/mol. The molecule has 0 saturated carbocycles. The Kier molecular flexibility index (Phi) is 4.67. The smallest absolute Gasteiger partial charge is 0.123 e. The van der Waals surface area contributed by atoms with E-state index in [2.05, 4.69) is 24.0 Å². The van der Waals surface area contributed by atoms with Gasteiger partial charge in [0.1, 0.15) is 5.82 Å². The van der Waals surface area contributed by atoms with Crippen molar-refractivity contribution in [3.8, 4) is 6.07 Å². The Bertz CT molecular complexity index is 572. The summed E-state index contributed by atoms with van der Waals surface area (Å²) in [6.45, 7) is 4.35. The Morgan fingerprint density at radius 1 is 1.32 bits per heavy atom. The van der Waals surface area contributed by atoms with Crippen LogP contribution in [0.25, 0.3) is 0 Å². The van der Waals surface area contributed by atoms with Gasteiger partial charge in [0, 0.05) is 18.0 Å². The van der Waals surface area contributed by atoms with Crippen LogP contribution < -0.4 is 0 Å². The van der Waals surface area contributed by atoms with Gasteiger partial charge in [-0.2, -0.15) is 5.26 Å². The molecule has 1 heterocycles. The molecule has 0 bridgehead atoms. The molecule has 0 fully saturated rings. The lowest BCUT2D eigenvalue weighted by atomic mass is 10.1. The van der Waals surface area contributed by atoms with Gasteiger partial charge < -0.3 is 0 Å². The quantitative estimate of drug-likeness (QED) is 0.829. The molecule has 0 spiro atoms. The third kappa shape index (κ3) is 3.63. The van der Waals surface area contributed by atoms with Crippen molar-refractivity contribution in [1.29, 1.82) is 5.26 Å². The van der Waals surface area contributed by atoms with Crippen LogP contribution in [0.2, 0.25) is 0 Å². The van der Waals surface area contributed by atoms with Gasteiger partial charge in [0.25, 0.3) is 0 Å². The van der Waals surface area contributed by atoms with Crippen molar-refractivity contribution < 1.29 is 4.39 Å². The second kappa shape index (κ2) is 6.46. The van der Waals surface area contributed by atoms with E-state index in [-0.39, 0.29) is 5.82 Å². The van der Waals surface area contributed by atoms with E-state index in [0.717, 1.165) is 18.7 Å². The van der Waals surface area contributed by atoms with Crippen LogP contribution in [0.1, 0.15) is 22.9 Å². The highest BCUT2D eigenvalue weighted by molar-refractivity contribution is 7.09. The third-order valence-electron chi connectivity index (χ3n) is 2.99. The maximum Gasteiger partial charge on any atom is 0.123 e. The third-order valence-corrected chi connectivity index (χ3v) is 3.85. The van der Waals surface area contributed by atoms with Crippen LogP contribution in [0, 0.1) is 17.1 Å².